The summed E-state index contributed by atoms with van der Waals surface area (Å²) >= 11 is 0. The zero-order chi connectivity index (χ0) is 12.5. The molecule has 1 aromatic heterocycles. The highest BCUT2D eigenvalue weighted by molar-refractivity contribution is 5.91. The number of nitrogens with zero attached hydrogens (tertiary/aromatic N) is 3. The normalized spacial score (nSPS) is 20.4. The van der Waals surface area contributed by atoms with Crippen LogP contribution in [0, 0.1) is 0 Å². The predicted octanol–water partition coefficient (Wildman–Crippen LogP) is 1.29. The number of benzene rings is 1. The molecule has 1 unspecified atom stereocenters. The lowest BCUT2D eigenvalue weighted by molar-refractivity contribution is 0.210. The number of nitrogen functional groups attached to an aromatic ring is 1. The number of hydrogen-bond donors (Lipinski definition) is 1. The molecule has 1 fully saturated rings. The lowest BCUT2D eigenvalue weighted by atomic mass is 10.2. The maximum atomic E-state index is 6.03. The Hall–Kier alpha value is -1.88. The van der Waals surface area contributed by atoms with Gasteiger partial charge in [0.15, 0.2) is 0 Å². The highest BCUT2D eigenvalue weighted by atomic mass is 16.5. The minimum absolute atomic E-state index is 0.233. The molecule has 0 amide bonds. The third kappa shape index (κ3) is 1.97. The Balaban J connectivity index is 1.94. The van der Waals surface area contributed by atoms with Crippen molar-refractivity contribution in [2.24, 2.45) is 0 Å². The van der Waals surface area contributed by atoms with Crippen molar-refractivity contribution in [3.63, 3.8) is 0 Å². The van der Waals surface area contributed by atoms with E-state index in [0.29, 0.717) is 5.82 Å². The molecule has 1 aliphatic rings. The largest absolute Gasteiger partial charge is 0.487 e. The summed E-state index contributed by atoms with van der Waals surface area (Å²) in [5, 5.41) is 0.848. The first kappa shape index (κ1) is 11.2. The Labute approximate surface area is 106 Å². The summed E-state index contributed by atoms with van der Waals surface area (Å²) in [6, 6.07) is 5.78. The lowest BCUT2D eigenvalue weighted by Crippen LogP contribution is -2.21. The summed E-state index contributed by atoms with van der Waals surface area (Å²) in [5.74, 6) is 1.29. The average Bonchev–Trinajstić information content (AvgIpc) is 2.76. The number of aromatic nitrogens is 2. The van der Waals surface area contributed by atoms with E-state index in [9.17, 15) is 0 Å². The first-order valence-corrected chi connectivity index (χ1v) is 6.08. The van der Waals surface area contributed by atoms with Crippen molar-refractivity contribution in [3.8, 4) is 5.75 Å². The summed E-state index contributed by atoms with van der Waals surface area (Å²) in [6.45, 7) is 2.03. The Morgan fingerprint density at radius 2 is 2.28 bits per heavy atom. The van der Waals surface area contributed by atoms with Crippen molar-refractivity contribution >= 4 is 16.7 Å². The minimum atomic E-state index is 0.233. The second kappa shape index (κ2) is 4.42. The number of likely N-dealkylation sites (N-methyl/N-ethyl adjacent to an activating group) is 1. The van der Waals surface area contributed by atoms with Crippen molar-refractivity contribution in [2.45, 2.75) is 12.5 Å². The van der Waals surface area contributed by atoms with Crippen molar-refractivity contribution in [3.05, 3.63) is 24.5 Å². The van der Waals surface area contributed by atoms with Crippen LogP contribution in [0.25, 0.3) is 10.9 Å². The van der Waals surface area contributed by atoms with Gasteiger partial charge in [-0.15, -0.1) is 0 Å². The predicted molar refractivity (Wildman–Crippen MR) is 70.5 cm³/mol. The SMILES string of the molecule is CN1CCC(Oc2cccc3c(N)ncnc23)C1. The number of para-hydroxylation sites is 1. The topological polar surface area (TPSA) is 64.3 Å². The quantitative estimate of drug-likeness (QED) is 0.862. The van der Waals surface area contributed by atoms with E-state index < -0.39 is 0 Å². The molecule has 18 heavy (non-hydrogen) atoms. The van der Waals surface area contributed by atoms with E-state index >= 15 is 0 Å². The van der Waals surface area contributed by atoms with Gasteiger partial charge >= 0.3 is 0 Å². The van der Waals surface area contributed by atoms with Crippen LogP contribution in [0.5, 0.6) is 5.75 Å². The number of ether oxygens (including phenoxy) is 1. The van der Waals surface area contributed by atoms with Crippen LogP contribution in [0.3, 0.4) is 0 Å². The zero-order valence-corrected chi connectivity index (χ0v) is 10.3. The third-order valence-electron chi connectivity index (χ3n) is 3.30. The van der Waals surface area contributed by atoms with Gasteiger partial charge in [-0.1, -0.05) is 6.07 Å². The molecule has 0 bridgehead atoms. The Kier molecular flexibility index (Phi) is 2.76. The van der Waals surface area contributed by atoms with Crippen LogP contribution in [0.1, 0.15) is 6.42 Å². The van der Waals surface area contributed by atoms with E-state index in [0.717, 1.165) is 36.2 Å². The molecular weight excluding hydrogens is 228 g/mol. The van der Waals surface area contributed by atoms with Crippen LogP contribution >= 0.6 is 0 Å². The van der Waals surface area contributed by atoms with Crippen LogP contribution in [0.2, 0.25) is 0 Å². The molecule has 1 atom stereocenters. The van der Waals surface area contributed by atoms with Crippen LogP contribution < -0.4 is 10.5 Å². The van der Waals surface area contributed by atoms with E-state index in [1.54, 1.807) is 0 Å². The average molecular weight is 244 g/mol. The van der Waals surface area contributed by atoms with Gasteiger partial charge in [0.2, 0.25) is 0 Å². The molecule has 0 saturated carbocycles. The van der Waals surface area contributed by atoms with Gasteiger partial charge in [0.25, 0.3) is 0 Å². The molecule has 0 radical (unpaired) electrons. The molecule has 1 aromatic carbocycles. The summed E-state index contributed by atoms with van der Waals surface area (Å²) in [7, 11) is 2.10. The van der Waals surface area contributed by atoms with E-state index in [2.05, 4.69) is 21.9 Å². The van der Waals surface area contributed by atoms with E-state index in [4.69, 9.17) is 10.5 Å². The molecule has 1 saturated heterocycles. The molecule has 2 heterocycles. The minimum Gasteiger partial charge on any atom is -0.487 e. The van der Waals surface area contributed by atoms with Crippen LogP contribution in [0.4, 0.5) is 5.82 Å². The Morgan fingerprint density at radius 1 is 1.39 bits per heavy atom. The van der Waals surface area contributed by atoms with Gasteiger partial charge in [-0.3, -0.25) is 0 Å². The van der Waals surface area contributed by atoms with Crippen LogP contribution in [0.15, 0.2) is 24.5 Å². The number of rotatable bonds is 2. The number of likely N-dealkylation sites (tertiary alicyclic amines) is 1. The molecule has 0 spiro atoms. The molecular formula is C13H16N4O. The fourth-order valence-corrected chi connectivity index (χ4v) is 2.35. The number of anilines is 1. The first-order chi connectivity index (χ1) is 8.74. The van der Waals surface area contributed by atoms with Gasteiger partial charge < -0.3 is 15.4 Å². The second-order valence-corrected chi connectivity index (χ2v) is 4.70. The standard InChI is InChI=1S/C13H16N4O/c1-17-6-5-9(7-17)18-11-4-2-3-10-12(11)15-8-16-13(10)14/h2-4,8-9H,5-7H2,1H3,(H2,14,15,16). The highest BCUT2D eigenvalue weighted by Gasteiger charge is 2.21. The van der Waals surface area contributed by atoms with Crippen molar-refractivity contribution in [2.75, 3.05) is 25.9 Å². The van der Waals surface area contributed by atoms with E-state index in [1.807, 2.05) is 18.2 Å². The van der Waals surface area contributed by atoms with Gasteiger partial charge in [-0.25, -0.2) is 9.97 Å². The molecule has 5 nitrogen and oxygen atoms in total. The molecule has 1 aliphatic heterocycles. The highest BCUT2D eigenvalue weighted by Crippen LogP contribution is 2.27. The monoisotopic (exact) mass is 244 g/mol. The van der Waals surface area contributed by atoms with Crippen molar-refractivity contribution in [1.29, 1.82) is 0 Å². The van der Waals surface area contributed by atoms with Gasteiger partial charge in [-0.05, 0) is 25.6 Å². The van der Waals surface area contributed by atoms with Crippen molar-refractivity contribution in [1.82, 2.24) is 14.9 Å². The molecule has 94 valence electrons. The number of fused-ring (bicyclic) bond motifs is 1. The molecule has 2 aromatic rings. The molecule has 3 rings (SSSR count). The smallest absolute Gasteiger partial charge is 0.146 e. The van der Waals surface area contributed by atoms with Crippen LogP contribution in [-0.2, 0) is 0 Å². The van der Waals surface area contributed by atoms with E-state index in [-0.39, 0.29) is 6.10 Å². The second-order valence-electron chi connectivity index (χ2n) is 4.70. The van der Waals surface area contributed by atoms with Gasteiger partial charge in [0, 0.05) is 18.5 Å². The fraction of sp³-hybridized carbons (Fsp3) is 0.385. The summed E-state index contributed by atoms with van der Waals surface area (Å²) in [4.78, 5) is 10.5. The maximum Gasteiger partial charge on any atom is 0.146 e. The van der Waals surface area contributed by atoms with Gasteiger partial charge in [0.05, 0.1) is 0 Å². The Bertz CT molecular complexity index is 572. The fourth-order valence-electron chi connectivity index (χ4n) is 2.35. The Morgan fingerprint density at radius 3 is 3.06 bits per heavy atom. The number of hydrogen-bond acceptors (Lipinski definition) is 5. The van der Waals surface area contributed by atoms with E-state index in [1.165, 1.54) is 6.33 Å². The maximum absolute atomic E-state index is 6.03. The summed E-state index contributed by atoms with van der Waals surface area (Å²) in [5.41, 5.74) is 6.63. The van der Waals surface area contributed by atoms with Gasteiger partial charge in [-0.2, -0.15) is 0 Å². The van der Waals surface area contributed by atoms with Crippen molar-refractivity contribution < 1.29 is 4.74 Å². The molecule has 0 aliphatic carbocycles. The summed E-state index contributed by atoms with van der Waals surface area (Å²) < 4.78 is 6.03. The lowest BCUT2D eigenvalue weighted by Gasteiger charge is -2.15. The molecule has 2 N–H and O–H groups in total. The van der Waals surface area contributed by atoms with Gasteiger partial charge in [0.1, 0.15) is 29.5 Å². The molecule has 5 heteroatoms. The number of nitrogens with two attached hydrogens (primary N) is 1. The zero-order valence-electron chi connectivity index (χ0n) is 10.3. The first-order valence-electron chi connectivity index (χ1n) is 6.08. The van der Waals surface area contributed by atoms with Crippen LogP contribution in [-0.4, -0.2) is 41.1 Å². The third-order valence-corrected chi connectivity index (χ3v) is 3.30. The summed E-state index contributed by atoms with van der Waals surface area (Å²) in [6.07, 6.45) is 2.76.